The smallest absolute Gasteiger partial charge is 0.336 e. The first-order valence-corrected chi connectivity index (χ1v) is 12.5. The zero-order valence-corrected chi connectivity index (χ0v) is 23.4. The fraction of sp³-hybridized carbons (Fsp3) is 0.385. The second kappa shape index (κ2) is 12.4. The molecular weight excluding hydrogens is 593 g/mol. The van der Waals surface area contributed by atoms with Crippen molar-refractivity contribution in [3.05, 3.63) is 73.7 Å². The van der Waals surface area contributed by atoms with Gasteiger partial charge < -0.3 is 10.6 Å². The van der Waals surface area contributed by atoms with Gasteiger partial charge in [-0.2, -0.15) is 26.3 Å². The summed E-state index contributed by atoms with van der Waals surface area (Å²) in [6.07, 6.45) is -9.21. The van der Waals surface area contributed by atoms with Crippen molar-refractivity contribution in [2.45, 2.75) is 58.6 Å². The predicted octanol–water partition coefficient (Wildman–Crippen LogP) is 8.65. The number of halogens is 9. The number of nitrogens with one attached hydrogen (secondary N) is 2. The number of carbonyl (C=O) groups excluding carboxylic acids is 2. The predicted molar refractivity (Wildman–Crippen MR) is 140 cm³/mol. The zero-order chi connectivity index (χ0) is 29.9. The van der Waals surface area contributed by atoms with E-state index in [0.29, 0.717) is 12.1 Å². The van der Waals surface area contributed by atoms with Gasteiger partial charge in [-0.3, -0.25) is 9.59 Å². The molecule has 0 heterocycles. The van der Waals surface area contributed by atoms with Gasteiger partial charge in [0.25, 0.3) is 5.91 Å². The number of amides is 2. The van der Waals surface area contributed by atoms with E-state index < -0.39 is 47.4 Å². The molecule has 0 radical (unpaired) electrons. The third-order valence-corrected chi connectivity index (χ3v) is 6.41. The Labute approximate surface area is 236 Å². The van der Waals surface area contributed by atoms with E-state index in [-0.39, 0.29) is 38.0 Å². The molecule has 4 nitrogen and oxygen atoms in total. The molecule has 0 aliphatic heterocycles. The first-order chi connectivity index (χ1) is 17.7. The van der Waals surface area contributed by atoms with Crippen molar-refractivity contribution in [3.8, 4) is 0 Å². The second-order valence-electron chi connectivity index (χ2n) is 9.98. The van der Waals surface area contributed by atoms with Crippen LogP contribution in [0.5, 0.6) is 0 Å². The van der Waals surface area contributed by atoms with Gasteiger partial charge in [0.15, 0.2) is 0 Å². The molecule has 0 spiro atoms. The molecule has 0 bridgehead atoms. The maximum atomic E-state index is 13.8. The molecule has 0 saturated heterocycles. The fourth-order valence-electron chi connectivity index (χ4n) is 3.55. The van der Waals surface area contributed by atoms with E-state index in [1.165, 1.54) is 6.92 Å². The van der Waals surface area contributed by atoms with Gasteiger partial charge in [0.1, 0.15) is 0 Å². The molecule has 0 aliphatic rings. The molecule has 214 valence electrons. The second-order valence-corrected chi connectivity index (χ2v) is 11.2. The van der Waals surface area contributed by atoms with Crippen LogP contribution in [0.15, 0.2) is 36.4 Å². The number of alkyl halides is 6. The standard InChI is InChI=1S/C26H25Cl3F6N2O2/c1-13(36-21(38)12-24(2,3)4)37-23(39)16-7-5-14(9-18(16)26(33,34)35)6-8-17(25(30,31)32)15-10-19(27)22(29)20(28)11-15/h5-11,13,17H,12H2,1-4H3,(H,36,38)(H,37,39)/b8-6+/t13-,17?/m1/s1. The van der Waals surface area contributed by atoms with Crippen LogP contribution >= 0.6 is 34.8 Å². The third-order valence-electron chi connectivity index (χ3n) is 5.21. The lowest BCUT2D eigenvalue weighted by Crippen LogP contribution is -2.46. The van der Waals surface area contributed by atoms with E-state index in [0.717, 1.165) is 30.3 Å². The van der Waals surface area contributed by atoms with Crippen molar-refractivity contribution in [2.24, 2.45) is 5.41 Å². The van der Waals surface area contributed by atoms with E-state index in [2.05, 4.69) is 10.6 Å². The average molecular weight is 618 g/mol. The lowest BCUT2D eigenvalue weighted by Gasteiger charge is -2.21. The Morgan fingerprint density at radius 3 is 1.97 bits per heavy atom. The number of benzene rings is 2. The minimum atomic E-state index is -5.00. The van der Waals surface area contributed by atoms with Crippen molar-refractivity contribution in [1.82, 2.24) is 10.6 Å². The van der Waals surface area contributed by atoms with E-state index in [4.69, 9.17) is 34.8 Å². The van der Waals surface area contributed by atoms with Crippen LogP contribution in [0.4, 0.5) is 26.3 Å². The summed E-state index contributed by atoms with van der Waals surface area (Å²) in [7, 11) is 0. The minimum Gasteiger partial charge on any atom is -0.336 e. The van der Waals surface area contributed by atoms with E-state index in [1.807, 2.05) is 20.8 Å². The molecule has 0 aliphatic carbocycles. The van der Waals surface area contributed by atoms with Crippen molar-refractivity contribution < 1.29 is 35.9 Å². The van der Waals surface area contributed by atoms with Crippen LogP contribution in [0.3, 0.4) is 0 Å². The monoisotopic (exact) mass is 616 g/mol. The number of rotatable bonds is 7. The Kier molecular flexibility index (Phi) is 10.4. The SMILES string of the molecule is C[C@H](NC(=O)CC(C)(C)C)NC(=O)c1ccc(/C=C/C(c2cc(Cl)c(Cl)c(Cl)c2)C(F)(F)F)cc1C(F)(F)F. The topological polar surface area (TPSA) is 58.2 Å². The quantitative estimate of drug-likeness (QED) is 0.186. The summed E-state index contributed by atoms with van der Waals surface area (Å²) in [6.45, 7) is 6.84. The van der Waals surface area contributed by atoms with Crippen LogP contribution < -0.4 is 10.6 Å². The largest absolute Gasteiger partial charge is 0.417 e. The molecule has 0 aromatic heterocycles. The summed E-state index contributed by atoms with van der Waals surface area (Å²) in [6, 6.07) is 4.41. The van der Waals surface area contributed by atoms with Gasteiger partial charge in [-0.15, -0.1) is 0 Å². The molecule has 2 N–H and O–H groups in total. The number of carbonyl (C=O) groups is 2. The molecule has 13 heteroatoms. The summed E-state index contributed by atoms with van der Waals surface area (Å²) in [5.74, 6) is -3.80. The van der Waals surface area contributed by atoms with Crippen LogP contribution in [-0.2, 0) is 11.0 Å². The molecule has 2 amide bonds. The Morgan fingerprint density at radius 2 is 1.49 bits per heavy atom. The minimum absolute atomic E-state index is 0.120. The van der Waals surface area contributed by atoms with Crippen molar-refractivity contribution >= 4 is 52.7 Å². The molecule has 1 unspecified atom stereocenters. The fourth-order valence-corrected chi connectivity index (χ4v) is 4.17. The van der Waals surface area contributed by atoms with E-state index in [9.17, 15) is 35.9 Å². The van der Waals surface area contributed by atoms with Gasteiger partial charge in [0, 0.05) is 6.42 Å². The van der Waals surface area contributed by atoms with E-state index >= 15 is 0 Å². The van der Waals surface area contributed by atoms with Gasteiger partial charge in [0.05, 0.1) is 38.3 Å². The lowest BCUT2D eigenvalue weighted by molar-refractivity contribution is -0.139. The molecule has 0 fully saturated rings. The molecule has 2 aromatic carbocycles. The summed E-state index contributed by atoms with van der Waals surface area (Å²) >= 11 is 17.5. The molecule has 2 aromatic rings. The summed E-state index contributed by atoms with van der Waals surface area (Å²) in [5.41, 5.74) is -3.09. The summed E-state index contributed by atoms with van der Waals surface area (Å²) in [5, 5.41) is 4.18. The van der Waals surface area contributed by atoms with Crippen LogP contribution in [0.1, 0.15) is 67.1 Å². The Balaban J connectivity index is 2.36. The molecular formula is C26H25Cl3F6N2O2. The van der Waals surface area contributed by atoms with Gasteiger partial charge in [-0.05, 0) is 47.7 Å². The Hall–Kier alpha value is -2.43. The maximum Gasteiger partial charge on any atom is 0.417 e. The van der Waals surface area contributed by atoms with Gasteiger partial charge >= 0.3 is 12.4 Å². The number of hydrogen-bond acceptors (Lipinski definition) is 2. The van der Waals surface area contributed by atoms with E-state index in [1.54, 1.807) is 0 Å². The highest BCUT2D eigenvalue weighted by molar-refractivity contribution is 6.48. The maximum absolute atomic E-state index is 13.8. The highest BCUT2D eigenvalue weighted by Crippen LogP contribution is 2.41. The van der Waals surface area contributed by atoms with Crippen molar-refractivity contribution in [1.29, 1.82) is 0 Å². The lowest BCUT2D eigenvalue weighted by atomic mass is 9.92. The first-order valence-electron chi connectivity index (χ1n) is 11.4. The van der Waals surface area contributed by atoms with Crippen LogP contribution in [0.25, 0.3) is 6.08 Å². The average Bonchev–Trinajstić information content (AvgIpc) is 2.74. The summed E-state index contributed by atoms with van der Waals surface area (Å²) < 4.78 is 82.8. The van der Waals surface area contributed by atoms with Crippen LogP contribution in [-0.4, -0.2) is 24.2 Å². The Bertz CT molecular complexity index is 1230. The first kappa shape index (κ1) is 32.8. The highest BCUT2D eigenvalue weighted by atomic mass is 35.5. The molecule has 2 rings (SSSR count). The molecule has 39 heavy (non-hydrogen) atoms. The van der Waals surface area contributed by atoms with Crippen molar-refractivity contribution in [3.63, 3.8) is 0 Å². The molecule has 2 atom stereocenters. The van der Waals surface area contributed by atoms with Gasteiger partial charge in [0.2, 0.25) is 5.91 Å². The van der Waals surface area contributed by atoms with Crippen LogP contribution in [0, 0.1) is 5.41 Å². The third kappa shape index (κ3) is 9.61. The summed E-state index contributed by atoms with van der Waals surface area (Å²) in [4.78, 5) is 24.7. The highest BCUT2D eigenvalue weighted by Gasteiger charge is 2.40. The zero-order valence-electron chi connectivity index (χ0n) is 21.1. The van der Waals surface area contributed by atoms with Gasteiger partial charge in [-0.25, -0.2) is 0 Å². The Morgan fingerprint density at radius 1 is 0.923 bits per heavy atom. The van der Waals surface area contributed by atoms with Crippen molar-refractivity contribution in [2.75, 3.05) is 0 Å². The molecule has 0 saturated carbocycles. The number of hydrogen-bond donors (Lipinski definition) is 2. The van der Waals surface area contributed by atoms with Gasteiger partial charge in [-0.1, -0.05) is 73.8 Å². The van der Waals surface area contributed by atoms with Crippen LogP contribution in [0.2, 0.25) is 15.1 Å². The normalized spacial score (nSPS) is 14.3. The number of allylic oxidation sites excluding steroid dienone is 1.